The van der Waals surface area contributed by atoms with Gasteiger partial charge in [-0.2, -0.15) is 31.6 Å². The Labute approximate surface area is 290 Å². The third-order valence-corrected chi connectivity index (χ3v) is 9.09. The summed E-state index contributed by atoms with van der Waals surface area (Å²) in [6, 6.07) is 35.3. The lowest BCUT2D eigenvalue weighted by Crippen LogP contribution is -2.15. The van der Waals surface area contributed by atoms with Gasteiger partial charge in [0.1, 0.15) is 11.6 Å². The summed E-state index contributed by atoms with van der Waals surface area (Å²) in [5.41, 5.74) is 3.24. The van der Waals surface area contributed by atoms with Gasteiger partial charge >= 0.3 is 12.4 Å². The molecule has 51 heavy (non-hydrogen) atoms. The first-order chi connectivity index (χ1) is 24.2. The zero-order chi connectivity index (χ0) is 36.2. The highest BCUT2D eigenvalue weighted by Gasteiger charge is 2.37. The number of fused-ring (bicyclic) bond motifs is 3. The highest BCUT2D eigenvalue weighted by Crippen LogP contribution is 2.46. The Morgan fingerprint density at radius 3 is 1.80 bits per heavy atom. The lowest BCUT2D eigenvalue weighted by atomic mass is 9.95. The van der Waals surface area contributed by atoms with E-state index in [1.807, 2.05) is 121 Å². The van der Waals surface area contributed by atoms with Crippen molar-refractivity contribution in [3.8, 4) is 22.9 Å². The van der Waals surface area contributed by atoms with Crippen molar-refractivity contribution < 1.29 is 26.3 Å². The maximum Gasteiger partial charge on any atom is 0.416 e. The van der Waals surface area contributed by atoms with Crippen molar-refractivity contribution in [2.75, 3.05) is 4.90 Å². The van der Waals surface area contributed by atoms with Crippen LogP contribution >= 0.6 is 0 Å². The van der Waals surface area contributed by atoms with E-state index in [1.54, 1.807) is 0 Å². The number of rotatable bonds is 5. The van der Waals surface area contributed by atoms with E-state index in [0.29, 0.717) is 17.1 Å². The van der Waals surface area contributed by atoms with Crippen molar-refractivity contribution in [2.45, 2.75) is 33.1 Å². The van der Waals surface area contributed by atoms with Gasteiger partial charge in [0.15, 0.2) is 0 Å². The first-order valence-electron chi connectivity index (χ1n) is 16.0. The predicted octanol–water partition coefficient (Wildman–Crippen LogP) is 12.8. The molecule has 254 valence electrons. The van der Waals surface area contributed by atoms with Gasteiger partial charge in [0.05, 0.1) is 33.5 Å². The smallest absolute Gasteiger partial charge is 0.309 e. The Balaban J connectivity index is 1.66. The molecule has 0 atom stereocenters. The Bertz CT molecular complexity index is 2470. The van der Waals surface area contributed by atoms with Crippen molar-refractivity contribution in [1.82, 2.24) is 4.57 Å². The molecule has 7 aromatic rings. The average molecular weight is 690 g/mol. The van der Waals surface area contributed by atoms with E-state index < -0.39 is 23.5 Å². The Morgan fingerprint density at radius 1 is 0.569 bits per heavy atom. The molecule has 6 aromatic carbocycles. The average Bonchev–Trinajstić information content (AvgIpc) is 3.42. The summed E-state index contributed by atoms with van der Waals surface area (Å²) in [5, 5.41) is 12.8. The minimum absolute atomic E-state index is 0.0688. The van der Waals surface area contributed by atoms with Crippen molar-refractivity contribution in [3.63, 3.8) is 0 Å². The predicted molar refractivity (Wildman–Crippen MR) is 190 cm³/mol. The zero-order valence-corrected chi connectivity index (χ0v) is 27.7. The lowest BCUT2D eigenvalue weighted by Gasteiger charge is -2.29. The molecule has 1 heterocycles. The third kappa shape index (κ3) is 6.08. The van der Waals surface area contributed by atoms with Gasteiger partial charge in [-0.05, 0) is 104 Å². The van der Waals surface area contributed by atoms with Gasteiger partial charge in [-0.3, -0.25) is 0 Å². The maximum absolute atomic E-state index is 14.2. The summed E-state index contributed by atoms with van der Waals surface area (Å²) in [4.78, 5) is 1.83. The summed E-state index contributed by atoms with van der Waals surface area (Å²) in [6.07, 6.45) is -10.1. The number of hydrogen-bond acceptors (Lipinski definition) is 2. The van der Waals surface area contributed by atoms with Crippen molar-refractivity contribution in [1.29, 1.82) is 5.26 Å². The van der Waals surface area contributed by atoms with E-state index in [4.69, 9.17) is 0 Å². The highest BCUT2D eigenvalue weighted by molar-refractivity contribution is 6.10. The molecule has 0 saturated carbocycles. The van der Waals surface area contributed by atoms with Gasteiger partial charge in [-0.15, -0.1) is 0 Å². The number of alkyl halides is 6. The van der Waals surface area contributed by atoms with Gasteiger partial charge in [0, 0.05) is 22.1 Å². The van der Waals surface area contributed by atoms with Crippen LogP contribution in [0.3, 0.4) is 0 Å². The molecular formula is C42H29F6N3. The number of anilines is 3. The summed E-state index contributed by atoms with van der Waals surface area (Å²) >= 11 is 0. The quantitative estimate of drug-likeness (QED) is 0.169. The summed E-state index contributed by atoms with van der Waals surface area (Å²) in [7, 11) is 0. The molecule has 0 fully saturated rings. The van der Waals surface area contributed by atoms with E-state index in [9.17, 15) is 31.6 Å². The van der Waals surface area contributed by atoms with E-state index in [2.05, 4.69) is 6.07 Å². The van der Waals surface area contributed by atoms with Crippen LogP contribution in [0.2, 0.25) is 0 Å². The van der Waals surface area contributed by atoms with Gasteiger partial charge < -0.3 is 9.47 Å². The van der Waals surface area contributed by atoms with Crippen molar-refractivity contribution in [3.05, 3.63) is 155 Å². The molecule has 0 N–H and O–H groups in total. The molecule has 0 saturated heterocycles. The Kier molecular flexibility index (Phi) is 8.14. The van der Waals surface area contributed by atoms with Crippen LogP contribution in [0, 0.1) is 32.1 Å². The number of para-hydroxylation sites is 2. The first kappa shape index (κ1) is 33.5. The fourth-order valence-electron chi connectivity index (χ4n) is 6.63. The zero-order valence-electron chi connectivity index (χ0n) is 27.7. The molecule has 1 aromatic heterocycles. The second-order valence-electron chi connectivity index (χ2n) is 12.6. The number of hydrogen-bond donors (Lipinski definition) is 0. The molecule has 0 spiro atoms. The van der Waals surface area contributed by atoms with Crippen LogP contribution in [-0.2, 0) is 12.4 Å². The molecule has 0 radical (unpaired) electrons. The number of benzene rings is 6. The topological polar surface area (TPSA) is 32.0 Å². The van der Waals surface area contributed by atoms with Gasteiger partial charge in [-0.1, -0.05) is 65.7 Å². The lowest BCUT2D eigenvalue weighted by molar-refractivity contribution is -0.143. The van der Waals surface area contributed by atoms with E-state index in [-0.39, 0.29) is 28.4 Å². The molecule has 0 bridgehead atoms. The van der Waals surface area contributed by atoms with E-state index in [0.717, 1.165) is 50.6 Å². The van der Waals surface area contributed by atoms with Gasteiger partial charge in [0.2, 0.25) is 0 Å². The number of aromatic nitrogens is 1. The molecule has 0 aliphatic rings. The highest BCUT2D eigenvalue weighted by atomic mass is 19.4. The number of nitriles is 1. The minimum atomic E-state index is -5.05. The second kappa shape index (κ2) is 12.4. The Hall–Kier alpha value is -6.01. The SMILES string of the molecule is Cc1ccc(N(c2ccccc2C)c2cc(-c3cc(C(F)(F)F)cc(C(F)(F)F)c3)cc(-n3c4ccccc4c4cc(C)ccc43)c2C#N)cc1. The largest absolute Gasteiger partial charge is 0.416 e. The molecule has 0 unspecified atom stereocenters. The molecule has 0 aliphatic carbocycles. The first-order valence-corrected chi connectivity index (χ1v) is 16.0. The van der Waals surface area contributed by atoms with Gasteiger partial charge in [0.25, 0.3) is 0 Å². The van der Waals surface area contributed by atoms with Crippen LogP contribution in [0.15, 0.2) is 121 Å². The van der Waals surface area contributed by atoms with Crippen LogP contribution in [0.5, 0.6) is 0 Å². The molecule has 0 aliphatic heterocycles. The molecule has 0 amide bonds. The molecular weight excluding hydrogens is 660 g/mol. The molecule has 9 heteroatoms. The standard InChI is InChI=1S/C42H29F6N3/c1-25-12-15-32(16-13-25)50(36-10-6-4-8-27(36)3)39-21-29(28-19-30(41(43,44)45)23-31(20-28)42(46,47)48)22-40(35(39)24-49)51-37-11-7-5-9-33(37)34-18-26(2)14-17-38(34)51/h4-23H,1-3H3. The van der Waals surface area contributed by atoms with Crippen LogP contribution in [0.4, 0.5) is 43.4 Å². The van der Waals surface area contributed by atoms with Crippen LogP contribution < -0.4 is 4.90 Å². The molecule has 7 rings (SSSR count). The van der Waals surface area contributed by atoms with Gasteiger partial charge in [-0.25, -0.2) is 0 Å². The summed E-state index contributed by atoms with van der Waals surface area (Å²) < 4.78 is 86.8. The number of aryl methyl sites for hydroxylation is 3. The summed E-state index contributed by atoms with van der Waals surface area (Å²) in [5.74, 6) is 0. The van der Waals surface area contributed by atoms with E-state index in [1.165, 1.54) is 12.1 Å². The van der Waals surface area contributed by atoms with Crippen molar-refractivity contribution >= 4 is 38.9 Å². The minimum Gasteiger partial charge on any atom is -0.309 e. The monoisotopic (exact) mass is 689 g/mol. The Morgan fingerprint density at radius 2 is 1.16 bits per heavy atom. The second-order valence-corrected chi connectivity index (χ2v) is 12.6. The van der Waals surface area contributed by atoms with Crippen LogP contribution in [0.25, 0.3) is 38.6 Å². The van der Waals surface area contributed by atoms with Crippen molar-refractivity contribution in [2.24, 2.45) is 0 Å². The number of nitrogens with zero attached hydrogens (tertiary/aromatic N) is 3. The number of halogens is 6. The van der Waals surface area contributed by atoms with Crippen LogP contribution in [-0.4, -0.2) is 4.57 Å². The fraction of sp³-hybridized carbons (Fsp3) is 0.119. The third-order valence-electron chi connectivity index (χ3n) is 9.09. The normalized spacial score (nSPS) is 12.0. The maximum atomic E-state index is 14.2. The van der Waals surface area contributed by atoms with Crippen LogP contribution in [0.1, 0.15) is 33.4 Å². The fourth-order valence-corrected chi connectivity index (χ4v) is 6.63. The summed E-state index contributed by atoms with van der Waals surface area (Å²) in [6.45, 7) is 5.78. The molecule has 3 nitrogen and oxygen atoms in total. The van der Waals surface area contributed by atoms with E-state index >= 15 is 0 Å².